The molecule has 14 heavy (non-hydrogen) atoms. The second-order valence-corrected chi connectivity index (χ2v) is 3.10. The van der Waals surface area contributed by atoms with Crippen LogP contribution in [-0.4, -0.2) is 22.9 Å². The van der Waals surface area contributed by atoms with E-state index in [2.05, 4.69) is 4.74 Å². The fourth-order valence-corrected chi connectivity index (χ4v) is 1.31. The van der Waals surface area contributed by atoms with Crippen molar-refractivity contribution in [2.75, 3.05) is 6.61 Å². The Morgan fingerprint density at radius 3 is 2.79 bits per heavy atom. The summed E-state index contributed by atoms with van der Waals surface area (Å²) in [4.78, 5) is 22.3. The topological polar surface area (TPSA) is 48.3 Å². The van der Waals surface area contributed by atoms with Crippen LogP contribution < -0.4 is 0 Å². The quantitative estimate of drug-likeness (QED) is 0.369. The van der Waals surface area contributed by atoms with Gasteiger partial charge in [-0.05, 0) is 18.2 Å². The number of ketones is 1. The molecule has 4 heteroatoms. The van der Waals surface area contributed by atoms with Crippen LogP contribution >= 0.6 is 0 Å². The third-order valence-electron chi connectivity index (χ3n) is 2.13. The molecule has 2 rings (SSSR count). The predicted octanol–water partition coefficient (Wildman–Crippen LogP) is 0.534. The van der Waals surface area contributed by atoms with Gasteiger partial charge >= 0.3 is 5.97 Å². The van der Waals surface area contributed by atoms with Crippen molar-refractivity contribution in [3.8, 4) is 0 Å². The first-order valence-electron chi connectivity index (χ1n) is 4.22. The molecule has 0 bridgehead atoms. The van der Waals surface area contributed by atoms with Crippen LogP contribution in [-0.2, 0) is 21.4 Å². The Balaban J connectivity index is 2.39. The molecule has 0 N–H and O–H groups in total. The molecule has 1 aliphatic heterocycles. The van der Waals surface area contributed by atoms with Gasteiger partial charge in [-0.3, -0.25) is 4.79 Å². The fraction of sp³-hybridized carbons (Fsp3) is 0.200. The average Bonchev–Trinajstić information content (AvgIpc) is 2.67. The van der Waals surface area contributed by atoms with E-state index in [1.54, 1.807) is 6.08 Å². The summed E-state index contributed by atoms with van der Waals surface area (Å²) >= 11 is 0. The highest BCUT2D eigenvalue weighted by Gasteiger charge is 2.28. The van der Waals surface area contributed by atoms with Crippen molar-refractivity contribution in [3.63, 3.8) is 0 Å². The third-order valence-corrected chi connectivity index (χ3v) is 2.13. The Morgan fingerprint density at radius 1 is 1.50 bits per heavy atom. The molecule has 0 spiro atoms. The molecular weight excluding hydrogens is 182 g/mol. The summed E-state index contributed by atoms with van der Waals surface area (Å²) in [5.41, 5.74) is 0.944. The van der Waals surface area contributed by atoms with Crippen molar-refractivity contribution in [2.45, 2.75) is 0 Å². The summed E-state index contributed by atoms with van der Waals surface area (Å²) in [6, 6.07) is 3.67. The van der Waals surface area contributed by atoms with Crippen LogP contribution in [0.3, 0.4) is 0 Å². The second kappa shape index (κ2) is 3.14. The highest BCUT2D eigenvalue weighted by molar-refractivity contribution is 6.24. The molecule has 1 aliphatic rings. The number of aryl methyl sites for hydroxylation is 1. The van der Waals surface area contributed by atoms with E-state index in [1.807, 2.05) is 29.9 Å². The molecule has 0 saturated carbocycles. The lowest BCUT2D eigenvalue weighted by molar-refractivity contribution is -0.135. The zero-order chi connectivity index (χ0) is 10.1. The molecule has 1 aromatic heterocycles. The average molecular weight is 191 g/mol. The van der Waals surface area contributed by atoms with Gasteiger partial charge in [0.2, 0.25) is 5.78 Å². The largest absolute Gasteiger partial charge is 0.454 e. The van der Waals surface area contributed by atoms with E-state index in [4.69, 9.17) is 0 Å². The van der Waals surface area contributed by atoms with Gasteiger partial charge in [0.25, 0.3) is 0 Å². The minimum atomic E-state index is -0.531. The van der Waals surface area contributed by atoms with E-state index < -0.39 is 5.97 Å². The molecular formula is C10H9NO3. The minimum absolute atomic E-state index is 0.130. The Labute approximate surface area is 80.8 Å². The lowest BCUT2D eigenvalue weighted by atomic mass is 10.2. The van der Waals surface area contributed by atoms with Crippen molar-refractivity contribution >= 4 is 17.8 Å². The van der Waals surface area contributed by atoms with Crippen molar-refractivity contribution in [3.05, 3.63) is 29.6 Å². The molecule has 4 nitrogen and oxygen atoms in total. The van der Waals surface area contributed by atoms with Crippen molar-refractivity contribution in [1.82, 2.24) is 4.57 Å². The van der Waals surface area contributed by atoms with Crippen molar-refractivity contribution in [2.24, 2.45) is 7.05 Å². The van der Waals surface area contributed by atoms with E-state index in [0.717, 1.165) is 5.69 Å². The summed E-state index contributed by atoms with van der Waals surface area (Å²) in [7, 11) is 1.84. The molecule has 2 heterocycles. The molecule has 1 aromatic rings. The van der Waals surface area contributed by atoms with E-state index in [0.29, 0.717) is 0 Å². The van der Waals surface area contributed by atoms with Gasteiger partial charge in [-0.15, -0.1) is 0 Å². The van der Waals surface area contributed by atoms with Crippen LogP contribution in [0, 0.1) is 0 Å². The number of hydrogen-bond donors (Lipinski definition) is 0. The molecule has 72 valence electrons. The second-order valence-electron chi connectivity index (χ2n) is 3.10. The predicted molar refractivity (Wildman–Crippen MR) is 49.4 cm³/mol. The summed E-state index contributed by atoms with van der Waals surface area (Å²) < 4.78 is 6.43. The molecule has 1 fully saturated rings. The summed E-state index contributed by atoms with van der Waals surface area (Å²) in [6.07, 6.45) is 3.40. The number of rotatable bonds is 1. The van der Waals surface area contributed by atoms with Gasteiger partial charge in [0.05, 0.1) is 0 Å². The zero-order valence-electron chi connectivity index (χ0n) is 7.69. The maximum atomic E-state index is 11.2. The molecule has 0 aromatic carbocycles. The van der Waals surface area contributed by atoms with E-state index in [9.17, 15) is 9.59 Å². The van der Waals surface area contributed by atoms with Gasteiger partial charge in [0.1, 0.15) is 5.57 Å². The number of nitrogens with zero attached hydrogens (tertiary/aromatic N) is 1. The smallest absolute Gasteiger partial charge is 0.342 e. The van der Waals surface area contributed by atoms with Crippen LogP contribution in [0.2, 0.25) is 0 Å². The highest BCUT2D eigenvalue weighted by atomic mass is 16.5. The Bertz CT molecular complexity index is 410. The number of carbonyl (C=O) groups is 2. The van der Waals surface area contributed by atoms with Crippen LogP contribution in [0.15, 0.2) is 23.9 Å². The van der Waals surface area contributed by atoms with Crippen LogP contribution in [0.5, 0.6) is 0 Å². The Morgan fingerprint density at radius 2 is 2.29 bits per heavy atom. The van der Waals surface area contributed by atoms with Gasteiger partial charge in [-0.2, -0.15) is 0 Å². The van der Waals surface area contributed by atoms with Gasteiger partial charge in [-0.25, -0.2) is 4.79 Å². The maximum Gasteiger partial charge on any atom is 0.342 e. The number of cyclic esters (lactones) is 1. The lowest BCUT2D eigenvalue weighted by Crippen LogP contribution is -2.01. The number of ether oxygens (including phenoxy) is 1. The summed E-state index contributed by atoms with van der Waals surface area (Å²) in [6.45, 7) is -0.130. The normalized spacial score (nSPS) is 19.1. The highest BCUT2D eigenvalue weighted by Crippen LogP contribution is 2.14. The van der Waals surface area contributed by atoms with Gasteiger partial charge in [-0.1, -0.05) is 0 Å². The first-order chi connectivity index (χ1) is 6.68. The monoisotopic (exact) mass is 191 g/mol. The molecule has 0 unspecified atom stereocenters. The van der Waals surface area contributed by atoms with Crippen molar-refractivity contribution < 1.29 is 14.3 Å². The Kier molecular flexibility index (Phi) is 1.96. The van der Waals surface area contributed by atoms with E-state index in [1.165, 1.54) is 0 Å². The lowest BCUT2D eigenvalue weighted by Gasteiger charge is -1.96. The van der Waals surface area contributed by atoms with Crippen molar-refractivity contribution in [1.29, 1.82) is 0 Å². The molecule has 0 radical (unpaired) electrons. The van der Waals surface area contributed by atoms with E-state index in [-0.39, 0.29) is 18.0 Å². The SMILES string of the molecule is Cn1cccc1/C=C1/C(=O)COC1=O. The summed E-state index contributed by atoms with van der Waals surface area (Å²) in [5.74, 6) is -0.785. The van der Waals surface area contributed by atoms with Gasteiger partial charge in [0.15, 0.2) is 6.61 Å². The molecule has 1 saturated heterocycles. The summed E-state index contributed by atoms with van der Waals surface area (Å²) in [5, 5.41) is 0. The number of Topliss-reactive ketones (excluding diaryl/α,β-unsaturated/α-hetero) is 1. The fourth-order valence-electron chi connectivity index (χ4n) is 1.31. The zero-order valence-corrected chi connectivity index (χ0v) is 7.69. The first kappa shape index (κ1) is 8.74. The van der Waals surface area contributed by atoms with E-state index >= 15 is 0 Å². The third kappa shape index (κ3) is 1.35. The number of aromatic nitrogens is 1. The number of hydrogen-bond acceptors (Lipinski definition) is 3. The molecule has 0 atom stereocenters. The maximum absolute atomic E-state index is 11.2. The van der Waals surface area contributed by atoms with Crippen LogP contribution in [0.25, 0.3) is 6.08 Å². The molecule has 0 aliphatic carbocycles. The minimum Gasteiger partial charge on any atom is -0.454 e. The molecule has 0 amide bonds. The Hall–Kier alpha value is -1.84. The first-order valence-corrected chi connectivity index (χ1v) is 4.22. The number of carbonyl (C=O) groups excluding carboxylic acids is 2. The van der Waals surface area contributed by atoms with Gasteiger partial charge < -0.3 is 9.30 Å². The van der Waals surface area contributed by atoms with Crippen LogP contribution in [0.1, 0.15) is 5.69 Å². The van der Waals surface area contributed by atoms with Crippen LogP contribution in [0.4, 0.5) is 0 Å². The number of esters is 1. The standard InChI is InChI=1S/C10H9NO3/c1-11-4-2-3-7(11)5-8-9(12)6-14-10(8)13/h2-5H,6H2,1H3/b8-5-. The van der Waals surface area contributed by atoms with Gasteiger partial charge in [0, 0.05) is 18.9 Å².